The number of hydrogen-bond donors (Lipinski definition) is 15. The van der Waals surface area contributed by atoms with Crippen molar-refractivity contribution in [3.63, 3.8) is 0 Å². The van der Waals surface area contributed by atoms with Crippen molar-refractivity contribution in [3.8, 4) is 42.8 Å². The highest BCUT2D eigenvalue weighted by Gasteiger charge is 2.30. The molecule has 0 spiro atoms. The number of nitrogens with one attached hydrogen (secondary N) is 8. The molecule has 0 bridgehead atoms. The third-order valence-corrected chi connectivity index (χ3v) is 23.3. The van der Waals surface area contributed by atoms with Crippen molar-refractivity contribution in [1.29, 1.82) is 0 Å². The summed E-state index contributed by atoms with van der Waals surface area (Å²) in [6.07, 6.45) is -5.64. The fraction of sp³-hybridized carbons (Fsp3) is 0.337. The van der Waals surface area contributed by atoms with Gasteiger partial charge < -0.3 is 101 Å². The monoisotopic (exact) mass is 2200 g/mol. The largest absolute Gasteiger partial charge is 0.519 e. The Morgan fingerprint density at radius 1 is 0.333 bits per heavy atom. The highest BCUT2D eigenvalue weighted by molar-refractivity contribution is 9.11. The van der Waals surface area contributed by atoms with Gasteiger partial charge in [-0.2, -0.15) is 0 Å². The Kier molecular flexibility index (Phi) is 47.8. The molecular weight excluding hydrogens is 2070 g/mol. The minimum absolute atomic E-state index is 0.196. The molecule has 6 aromatic heterocycles. The van der Waals surface area contributed by atoms with Crippen molar-refractivity contribution < 1.29 is 105 Å². The summed E-state index contributed by atoms with van der Waals surface area (Å²) >= 11 is 12.0. The summed E-state index contributed by atoms with van der Waals surface area (Å²) < 4.78 is 56.4. The second-order valence-electron chi connectivity index (χ2n) is 39.2. The van der Waals surface area contributed by atoms with E-state index in [1.165, 1.54) is 56.7 Å². The molecule has 20 N–H and O–H groups in total. The molecule has 0 radical (unpaired) electrons. The van der Waals surface area contributed by atoms with Crippen LogP contribution >= 0.6 is 84.0 Å². The zero-order valence-corrected chi connectivity index (χ0v) is 93.8. The minimum Gasteiger partial charge on any atom is -0.493 e. The van der Waals surface area contributed by atoms with Crippen LogP contribution in [-0.4, -0.2) is 131 Å². The maximum atomic E-state index is 12.7. The number of benzene rings is 6. The molecule has 0 aliphatic carbocycles. The van der Waals surface area contributed by atoms with Crippen molar-refractivity contribution >= 4 is 225 Å². The highest BCUT2D eigenvalue weighted by Crippen LogP contribution is 2.44. The third kappa shape index (κ3) is 48.9. The molecule has 43 heteroatoms. The van der Waals surface area contributed by atoms with E-state index in [4.69, 9.17) is 86.1 Å². The SMILES string of the molecule is CC(C)(C)OC(=O)Nc1csc(-c2ccccc2)c1NC(=O)OC(C)(C)C.CC(C)(C)OC(=O)Nc1csc(Br)c1NC(=O)OC(C)(C)C.CC(C)(C)OC(=O)Nc1cscc1NC(=O)OC(C)(C)C.CC(C)(C)OC(=O)OC(=O)OC(C)(C)C.COc1ccc(NCc2ccc(C(=O)Nc3csc(-c4ccccc4)c3N)cc2)cc1OC.Nc1csc(-c2ccccc2)c1N.Nc1cscc1N.OB(O)c1ccccc1. The molecule has 0 aliphatic heterocycles. The highest BCUT2D eigenvalue weighted by atomic mass is 79.9. The number of methoxy groups -OCH3 is 2. The van der Waals surface area contributed by atoms with Crippen LogP contribution in [0.5, 0.6) is 11.5 Å². The van der Waals surface area contributed by atoms with Gasteiger partial charge in [-0.05, 0) is 234 Å². The first kappa shape index (κ1) is 124. The Labute approximate surface area is 891 Å². The second-order valence-corrected chi connectivity index (χ2v) is 45.5. The lowest BCUT2D eigenvalue weighted by Gasteiger charge is -2.21. The van der Waals surface area contributed by atoms with Gasteiger partial charge in [0.25, 0.3) is 5.91 Å². The Hall–Kier alpha value is -13.8. The number of nitrogen functional groups attached to an aromatic ring is 5. The summed E-state index contributed by atoms with van der Waals surface area (Å²) in [4.78, 5) is 109. The summed E-state index contributed by atoms with van der Waals surface area (Å²) in [7, 11) is 1.88. The fourth-order valence-corrected chi connectivity index (χ4v) is 16.4. The summed E-state index contributed by atoms with van der Waals surface area (Å²) in [5, 5.41) is 53.5. The van der Waals surface area contributed by atoms with Gasteiger partial charge in [0.1, 0.15) is 44.8 Å². The second kappa shape index (κ2) is 56.8. The number of carbonyl (C=O) groups excluding carboxylic acids is 9. The predicted molar refractivity (Wildman–Crippen MR) is 602 cm³/mol. The van der Waals surface area contributed by atoms with E-state index in [0.717, 1.165) is 42.6 Å². The Morgan fingerprint density at radius 2 is 0.667 bits per heavy atom. The van der Waals surface area contributed by atoms with Gasteiger partial charge in [-0.15, -0.1) is 68.0 Å². The van der Waals surface area contributed by atoms with Gasteiger partial charge in [0.05, 0.1) is 101 Å². The van der Waals surface area contributed by atoms with Gasteiger partial charge in [0.2, 0.25) is 0 Å². The lowest BCUT2D eigenvalue weighted by atomic mass is 9.81. The molecule has 6 aromatic carbocycles. The van der Waals surface area contributed by atoms with Crippen LogP contribution in [-0.2, 0) is 49.2 Å². The first-order valence-electron chi connectivity index (χ1n) is 45.3. The molecule has 147 heavy (non-hydrogen) atoms. The molecule has 0 aliphatic rings. The van der Waals surface area contributed by atoms with Crippen molar-refractivity contribution in [2.45, 2.75) is 218 Å². The van der Waals surface area contributed by atoms with Crippen molar-refractivity contribution in [3.05, 3.63) is 222 Å². The van der Waals surface area contributed by atoms with Crippen LogP contribution in [0.4, 0.5) is 112 Å². The van der Waals surface area contributed by atoms with Crippen molar-refractivity contribution in [1.82, 2.24) is 0 Å². The van der Waals surface area contributed by atoms with Crippen LogP contribution in [0.1, 0.15) is 182 Å². The molecule has 0 unspecified atom stereocenters. The van der Waals surface area contributed by atoms with Crippen LogP contribution < -0.4 is 86.1 Å². The number of thiophene rings is 6. The summed E-state index contributed by atoms with van der Waals surface area (Å²) in [5.74, 6) is 1.15. The topological polar surface area (TPSA) is 522 Å². The number of rotatable bonds is 17. The molecule has 7 amide bonds. The molecule has 0 saturated heterocycles. The molecule has 0 saturated carbocycles. The minimum atomic E-state index is -1.34. The predicted octanol–water partition coefficient (Wildman–Crippen LogP) is 27.4. The van der Waals surface area contributed by atoms with Crippen LogP contribution in [0.25, 0.3) is 31.3 Å². The molecular formula is C104H135BBrN13O22S6. The van der Waals surface area contributed by atoms with Gasteiger partial charge in [-0.1, -0.05) is 133 Å². The lowest BCUT2D eigenvalue weighted by molar-refractivity contribution is -0.0296. The Bertz CT molecular complexity index is 6120. The van der Waals surface area contributed by atoms with Crippen LogP contribution in [0.2, 0.25) is 0 Å². The van der Waals surface area contributed by atoms with E-state index in [2.05, 4.69) is 63.2 Å². The first-order chi connectivity index (χ1) is 68.3. The average molecular weight is 2200 g/mol. The quantitative estimate of drug-likeness (QED) is 0.0174. The van der Waals surface area contributed by atoms with Crippen LogP contribution in [0.15, 0.2) is 211 Å². The fourth-order valence-electron chi connectivity index (χ4n) is 11.0. The third-order valence-electron chi connectivity index (χ3n) is 16.9. The first-order valence-corrected chi connectivity index (χ1v) is 51.5. The van der Waals surface area contributed by atoms with E-state index in [-0.39, 0.29) is 5.91 Å². The van der Waals surface area contributed by atoms with E-state index in [9.17, 15) is 43.2 Å². The van der Waals surface area contributed by atoms with E-state index in [1.807, 2.05) is 161 Å². The summed E-state index contributed by atoms with van der Waals surface area (Å²) in [6.45, 7) is 42.7. The van der Waals surface area contributed by atoms with E-state index in [1.54, 1.807) is 238 Å². The molecule has 12 aromatic rings. The van der Waals surface area contributed by atoms with Gasteiger partial charge in [0.15, 0.2) is 11.5 Å². The Balaban J connectivity index is 0.000000306. The molecule has 0 fully saturated rings. The molecule has 35 nitrogen and oxygen atoms in total. The van der Waals surface area contributed by atoms with Gasteiger partial charge in [-0.25, -0.2) is 38.4 Å². The molecule has 0 atom stereocenters. The lowest BCUT2D eigenvalue weighted by Crippen LogP contribution is -2.29. The van der Waals surface area contributed by atoms with Crippen LogP contribution in [0, 0.1) is 0 Å². The number of anilines is 13. The molecule has 12 rings (SSSR count). The van der Waals surface area contributed by atoms with Crippen molar-refractivity contribution in [2.75, 3.05) is 85.4 Å². The normalized spacial score (nSPS) is 11.0. The number of nitrogens with two attached hydrogens (primary N) is 5. The molecule has 6 heterocycles. The smallest absolute Gasteiger partial charge is 0.493 e. The zero-order chi connectivity index (χ0) is 110. The number of halogens is 1. The number of carbonyl (C=O) groups is 9. The summed E-state index contributed by atoms with van der Waals surface area (Å²) in [6, 6.07) is 51.3. The van der Waals surface area contributed by atoms with Crippen molar-refractivity contribution in [2.24, 2.45) is 0 Å². The number of amides is 7. The number of ether oxygens (including phenoxy) is 11. The maximum absolute atomic E-state index is 12.7. The van der Waals surface area contributed by atoms with E-state index >= 15 is 0 Å². The van der Waals surface area contributed by atoms with E-state index < -0.39 is 101 Å². The average Bonchev–Trinajstić information content (AvgIpc) is 1.68. The zero-order valence-electron chi connectivity index (χ0n) is 87.3. The van der Waals surface area contributed by atoms with Gasteiger partial charge in [-0.3, -0.25) is 36.7 Å². The van der Waals surface area contributed by atoms with Gasteiger partial charge in [0, 0.05) is 66.9 Å². The van der Waals surface area contributed by atoms with Gasteiger partial charge >= 0.3 is 56.0 Å². The summed E-state index contributed by atoms with van der Waals surface area (Å²) in [5.41, 5.74) is 36.2. The number of hydrogen-bond acceptors (Lipinski definition) is 34. The maximum Gasteiger partial charge on any atom is 0.519 e. The Morgan fingerprint density at radius 3 is 1.03 bits per heavy atom. The standard InChI is InChI=1S/C26H25N3O3S.C20H26N2O4S.C14H21BrN2O4S.C14H22N2O4S.C10H10N2S.C10H18O5.C6H7BO2.C4H6N2S/c1-31-22-13-12-20(14-23(22)32-2)28-15-17-8-10-19(11-9-17)26(30)29-21-16-33-25(24(21)27)18-6-4-3-5-7-18;1-19(2,3)25-17(23)21-14-12-27-16(13-10-8-7-9-11-13)15(14)22-18(24)26-20(4,5)6;1-13(2,3)20-11(18)16-8-7-22-10(15)9(8)17-12(19)21-14(4,5)6;1-13(2,3)19-11(17)15-9-7-21-8-10(9)16-12(18)20-14(4,5)6;11-8-6-13-10(9(8)12)7-4-2-1-3-5-7;1-9(2,3)14-7(11)13-8(12)15-10(4,5)6;8-7(9)6-4-2-1-3-5-6;5-3-1-7-2-4(3)6/h3-14,16,28H,15,27H2,1-2H3,(H,29,30);7-12H,1-6H3,(H,21,23)(H,22,24);7H,1-6H3,(H,16,18)(H,17,19);7-8H,1-6H3,(H,15,17)(H,16,18);1-6H,11-12H2;1-6H3;1-5,8-9H;1-2H,5-6H2. The molecule has 794 valence electrons. The van der Waals surface area contributed by atoms with E-state index in [0.29, 0.717) is 101 Å². The van der Waals surface area contributed by atoms with Crippen LogP contribution in [0.3, 0.4) is 0 Å².